The van der Waals surface area contributed by atoms with Crippen LogP contribution in [0.25, 0.3) is 5.69 Å². The average Bonchev–Trinajstić information content (AvgIpc) is 2.69. The van der Waals surface area contributed by atoms with Crippen molar-refractivity contribution in [3.8, 4) is 5.69 Å². The SMILES string of the molecule is Cc1ccc(C)c(-n2nccc2CBr)c1. The van der Waals surface area contributed by atoms with Gasteiger partial charge in [-0.05, 0) is 37.1 Å². The predicted octanol–water partition coefficient (Wildman–Crippen LogP) is 3.38. The lowest BCUT2D eigenvalue weighted by molar-refractivity contribution is 0.836. The lowest BCUT2D eigenvalue weighted by atomic mass is 10.1. The lowest BCUT2D eigenvalue weighted by Crippen LogP contribution is -2.02. The highest BCUT2D eigenvalue weighted by Crippen LogP contribution is 2.18. The molecular formula is C12H13BrN2. The van der Waals surface area contributed by atoms with Crippen molar-refractivity contribution in [1.82, 2.24) is 9.78 Å². The molecule has 0 radical (unpaired) electrons. The third-order valence-electron chi connectivity index (χ3n) is 2.45. The van der Waals surface area contributed by atoms with Crippen molar-refractivity contribution in [3.63, 3.8) is 0 Å². The Hall–Kier alpha value is -1.09. The van der Waals surface area contributed by atoms with Crippen LogP contribution in [0.15, 0.2) is 30.5 Å². The first kappa shape index (κ1) is 10.4. The molecule has 78 valence electrons. The molecule has 2 rings (SSSR count). The lowest BCUT2D eigenvalue weighted by Gasteiger charge is -2.09. The summed E-state index contributed by atoms with van der Waals surface area (Å²) in [6, 6.07) is 8.44. The number of hydrogen-bond donors (Lipinski definition) is 0. The molecule has 0 saturated carbocycles. The summed E-state index contributed by atoms with van der Waals surface area (Å²) in [5, 5.41) is 5.17. The Kier molecular flexibility index (Phi) is 2.91. The first-order valence-electron chi connectivity index (χ1n) is 4.89. The monoisotopic (exact) mass is 264 g/mol. The van der Waals surface area contributed by atoms with Crippen molar-refractivity contribution in [2.75, 3.05) is 0 Å². The molecule has 0 saturated heterocycles. The summed E-state index contributed by atoms with van der Waals surface area (Å²) in [5.74, 6) is 0. The second-order valence-corrected chi connectivity index (χ2v) is 4.22. The maximum atomic E-state index is 4.35. The molecule has 1 aromatic heterocycles. The Balaban J connectivity index is 2.58. The molecule has 2 aromatic rings. The van der Waals surface area contributed by atoms with E-state index in [0.29, 0.717) is 0 Å². The number of hydrogen-bond acceptors (Lipinski definition) is 1. The van der Waals surface area contributed by atoms with Gasteiger partial charge in [-0.3, -0.25) is 0 Å². The third-order valence-corrected chi connectivity index (χ3v) is 3.03. The van der Waals surface area contributed by atoms with E-state index in [4.69, 9.17) is 0 Å². The number of rotatable bonds is 2. The molecule has 15 heavy (non-hydrogen) atoms. The van der Waals surface area contributed by atoms with E-state index in [1.54, 1.807) is 0 Å². The molecule has 0 unspecified atom stereocenters. The maximum absolute atomic E-state index is 4.35. The van der Waals surface area contributed by atoms with E-state index in [-0.39, 0.29) is 0 Å². The summed E-state index contributed by atoms with van der Waals surface area (Å²) in [6.07, 6.45) is 1.83. The highest BCUT2D eigenvalue weighted by molar-refractivity contribution is 9.08. The zero-order valence-corrected chi connectivity index (χ0v) is 10.5. The number of halogens is 1. The Bertz CT molecular complexity index is 474. The average molecular weight is 265 g/mol. The van der Waals surface area contributed by atoms with Gasteiger partial charge in [0.1, 0.15) is 0 Å². The quantitative estimate of drug-likeness (QED) is 0.761. The molecular weight excluding hydrogens is 252 g/mol. The molecule has 0 N–H and O–H groups in total. The van der Waals surface area contributed by atoms with Crippen molar-refractivity contribution >= 4 is 15.9 Å². The van der Waals surface area contributed by atoms with Gasteiger partial charge in [0.25, 0.3) is 0 Å². The zero-order chi connectivity index (χ0) is 10.8. The van der Waals surface area contributed by atoms with E-state index >= 15 is 0 Å². The minimum atomic E-state index is 0.820. The minimum Gasteiger partial charge on any atom is -0.237 e. The largest absolute Gasteiger partial charge is 0.237 e. The van der Waals surface area contributed by atoms with Gasteiger partial charge >= 0.3 is 0 Å². The molecule has 0 aliphatic carbocycles. The van der Waals surface area contributed by atoms with Gasteiger partial charge in [0.05, 0.1) is 11.4 Å². The van der Waals surface area contributed by atoms with Crippen LogP contribution in [-0.2, 0) is 5.33 Å². The standard InChI is InChI=1S/C12H13BrN2/c1-9-3-4-10(2)12(7-9)15-11(8-13)5-6-14-15/h3-7H,8H2,1-2H3. The number of benzene rings is 1. The zero-order valence-electron chi connectivity index (χ0n) is 8.87. The van der Waals surface area contributed by atoms with Gasteiger partial charge in [-0.2, -0.15) is 5.10 Å². The van der Waals surface area contributed by atoms with Crippen molar-refractivity contribution in [1.29, 1.82) is 0 Å². The molecule has 1 aromatic carbocycles. The third kappa shape index (κ3) is 1.97. The summed E-state index contributed by atoms with van der Waals surface area (Å²) in [6.45, 7) is 4.20. The van der Waals surface area contributed by atoms with Crippen molar-refractivity contribution in [3.05, 3.63) is 47.3 Å². The Morgan fingerprint density at radius 2 is 2.07 bits per heavy atom. The normalized spacial score (nSPS) is 10.6. The van der Waals surface area contributed by atoms with Crippen LogP contribution < -0.4 is 0 Å². The fourth-order valence-electron chi connectivity index (χ4n) is 1.60. The van der Waals surface area contributed by atoms with E-state index in [9.17, 15) is 0 Å². The highest BCUT2D eigenvalue weighted by Gasteiger charge is 2.06. The molecule has 0 fully saturated rings. The van der Waals surface area contributed by atoms with E-state index < -0.39 is 0 Å². The fraction of sp³-hybridized carbons (Fsp3) is 0.250. The van der Waals surface area contributed by atoms with Crippen molar-refractivity contribution in [2.45, 2.75) is 19.2 Å². The van der Waals surface area contributed by atoms with Crippen LogP contribution in [0, 0.1) is 13.8 Å². The number of aryl methyl sites for hydroxylation is 2. The molecule has 0 aliphatic rings. The first-order chi connectivity index (χ1) is 7.22. The van der Waals surface area contributed by atoms with Gasteiger partial charge < -0.3 is 0 Å². The Labute approximate surface area is 98.1 Å². The molecule has 3 heteroatoms. The smallest absolute Gasteiger partial charge is 0.0680 e. The minimum absolute atomic E-state index is 0.820. The molecule has 0 spiro atoms. The second-order valence-electron chi connectivity index (χ2n) is 3.66. The molecule has 0 amide bonds. The van der Waals surface area contributed by atoms with E-state index in [1.165, 1.54) is 16.8 Å². The van der Waals surface area contributed by atoms with Gasteiger partial charge in [0, 0.05) is 11.5 Å². The first-order valence-corrected chi connectivity index (χ1v) is 6.01. The van der Waals surface area contributed by atoms with Crippen LogP contribution in [0.5, 0.6) is 0 Å². The number of nitrogens with zero attached hydrogens (tertiary/aromatic N) is 2. The highest BCUT2D eigenvalue weighted by atomic mass is 79.9. The predicted molar refractivity (Wildman–Crippen MR) is 65.7 cm³/mol. The van der Waals surface area contributed by atoms with Gasteiger partial charge in [0.2, 0.25) is 0 Å². The van der Waals surface area contributed by atoms with E-state index in [0.717, 1.165) is 11.0 Å². The van der Waals surface area contributed by atoms with Gasteiger partial charge in [-0.1, -0.05) is 28.1 Å². The number of aromatic nitrogens is 2. The summed E-state index contributed by atoms with van der Waals surface area (Å²) in [5.41, 5.74) is 4.83. The summed E-state index contributed by atoms with van der Waals surface area (Å²) in [7, 11) is 0. The van der Waals surface area contributed by atoms with Crippen LogP contribution in [0.4, 0.5) is 0 Å². The maximum Gasteiger partial charge on any atom is 0.0680 e. The summed E-state index contributed by atoms with van der Waals surface area (Å²) in [4.78, 5) is 0. The fourth-order valence-corrected chi connectivity index (χ4v) is 2.02. The van der Waals surface area contributed by atoms with E-state index in [2.05, 4.69) is 53.1 Å². The Morgan fingerprint density at radius 3 is 2.80 bits per heavy atom. The molecule has 1 heterocycles. The van der Waals surface area contributed by atoms with Crippen LogP contribution in [0.3, 0.4) is 0 Å². The second kappa shape index (κ2) is 4.19. The van der Waals surface area contributed by atoms with Crippen molar-refractivity contribution < 1.29 is 0 Å². The van der Waals surface area contributed by atoms with Gasteiger partial charge in [0.15, 0.2) is 0 Å². The Morgan fingerprint density at radius 1 is 1.27 bits per heavy atom. The molecule has 2 nitrogen and oxygen atoms in total. The van der Waals surface area contributed by atoms with E-state index in [1.807, 2.05) is 16.9 Å². The topological polar surface area (TPSA) is 17.8 Å². The van der Waals surface area contributed by atoms with Gasteiger partial charge in [-0.25, -0.2) is 4.68 Å². The number of alkyl halides is 1. The molecule has 0 bridgehead atoms. The van der Waals surface area contributed by atoms with Crippen LogP contribution in [-0.4, -0.2) is 9.78 Å². The van der Waals surface area contributed by atoms with Crippen LogP contribution in [0.1, 0.15) is 16.8 Å². The molecule has 0 aliphatic heterocycles. The summed E-state index contributed by atoms with van der Waals surface area (Å²) >= 11 is 3.47. The summed E-state index contributed by atoms with van der Waals surface area (Å²) < 4.78 is 1.98. The van der Waals surface area contributed by atoms with Crippen molar-refractivity contribution in [2.24, 2.45) is 0 Å². The molecule has 0 atom stereocenters. The van der Waals surface area contributed by atoms with Gasteiger partial charge in [-0.15, -0.1) is 0 Å². The van der Waals surface area contributed by atoms with Crippen LogP contribution in [0.2, 0.25) is 0 Å². The van der Waals surface area contributed by atoms with Crippen LogP contribution >= 0.6 is 15.9 Å².